The molecule has 0 aromatic carbocycles. The maximum atomic E-state index is 10.7. The fourth-order valence-corrected chi connectivity index (χ4v) is 1.34. The Hall–Kier alpha value is -2.09. The number of hydrogen-bond acceptors (Lipinski definition) is 4. The van der Waals surface area contributed by atoms with E-state index in [-0.39, 0.29) is 19.0 Å². The van der Waals surface area contributed by atoms with Crippen molar-refractivity contribution in [2.45, 2.75) is 19.8 Å². The molecular formula is C12H15N3O2. The first kappa shape index (κ1) is 13.0. The predicted octanol–water partition coefficient (Wildman–Crippen LogP) is 1.12. The monoisotopic (exact) mass is 233 g/mol. The summed E-state index contributed by atoms with van der Waals surface area (Å²) in [5.41, 5.74) is 0.863. The minimum Gasteiger partial charge on any atom is -0.480 e. The van der Waals surface area contributed by atoms with E-state index in [0.717, 1.165) is 5.69 Å². The SMILES string of the molecule is C#CCN(CC(=O)O)c1cc(C(C)C)ncn1. The summed E-state index contributed by atoms with van der Waals surface area (Å²) in [5, 5.41) is 8.80. The summed E-state index contributed by atoms with van der Waals surface area (Å²) in [6.45, 7) is 4.06. The number of nitrogens with zero attached hydrogens (tertiary/aromatic N) is 3. The summed E-state index contributed by atoms with van der Waals surface area (Å²) in [6, 6.07) is 1.77. The van der Waals surface area contributed by atoms with E-state index < -0.39 is 5.97 Å². The molecule has 0 aliphatic carbocycles. The van der Waals surface area contributed by atoms with Crippen molar-refractivity contribution < 1.29 is 9.90 Å². The Morgan fingerprint density at radius 2 is 2.29 bits per heavy atom. The number of rotatable bonds is 5. The van der Waals surface area contributed by atoms with E-state index in [1.807, 2.05) is 13.8 Å². The third-order valence-electron chi connectivity index (χ3n) is 2.20. The molecular weight excluding hydrogens is 218 g/mol. The van der Waals surface area contributed by atoms with Gasteiger partial charge in [0.1, 0.15) is 18.7 Å². The van der Waals surface area contributed by atoms with Crippen molar-refractivity contribution in [3.63, 3.8) is 0 Å². The van der Waals surface area contributed by atoms with Crippen molar-refractivity contribution in [1.82, 2.24) is 9.97 Å². The van der Waals surface area contributed by atoms with Crippen molar-refractivity contribution in [2.24, 2.45) is 0 Å². The molecule has 1 heterocycles. The molecule has 0 spiro atoms. The second-order valence-corrected chi connectivity index (χ2v) is 3.91. The Labute approximate surface area is 101 Å². The van der Waals surface area contributed by atoms with E-state index >= 15 is 0 Å². The minimum atomic E-state index is -0.940. The average Bonchev–Trinajstić information content (AvgIpc) is 2.28. The van der Waals surface area contributed by atoms with Gasteiger partial charge in [-0.05, 0) is 5.92 Å². The van der Waals surface area contributed by atoms with E-state index in [1.54, 1.807) is 6.07 Å². The van der Waals surface area contributed by atoms with Crippen molar-refractivity contribution >= 4 is 11.8 Å². The van der Waals surface area contributed by atoms with Gasteiger partial charge in [-0.1, -0.05) is 19.8 Å². The van der Waals surface area contributed by atoms with Gasteiger partial charge in [-0.25, -0.2) is 9.97 Å². The van der Waals surface area contributed by atoms with Gasteiger partial charge < -0.3 is 10.0 Å². The summed E-state index contributed by atoms with van der Waals surface area (Å²) < 4.78 is 0. The molecule has 0 saturated carbocycles. The Balaban J connectivity index is 2.97. The lowest BCUT2D eigenvalue weighted by atomic mass is 10.1. The largest absolute Gasteiger partial charge is 0.480 e. The van der Waals surface area contributed by atoms with Crippen molar-refractivity contribution in [1.29, 1.82) is 0 Å². The molecule has 1 aromatic heterocycles. The van der Waals surface area contributed by atoms with Gasteiger partial charge in [0, 0.05) is 11.8 Å². The summed E-state index contributed by atoms with van der Waals surface area (Å²) in [7, 11) is 0. The smallest absolute Gasteiger partial charge is 0.323 e. The lowest BCUT2D eigenvalue weighted by molar-refractivity contribution is -0.135. The summed E-state index contributed by atoms with van der Waals surface area (Å²) in [5.74, 6) is 2.29. The number of carbonyl (C=O) groups is 1. The van der Waals surface area contributed by atoms with Crippen LogP contribution in [0.1, 0.15) is 25.5 Å². The molecule has 0 atom stereocenters. The van der Waals surface area contributed by atoms with Crippen LogP contribution in [0.5, 0.6) is 0 Å². The third kappa shape index (κ3) is 3.76. The van der Waals surface area contributed by atoms with E-state index in [9.17, 15) is 4.79 Å². The Morgan fingerprint density at radius 3 is 2.82 bits per heavy atom. The zero-order valence-corrected chi connectivity index (χ0v) is 9.92. The van der Waals surface area contributed by atoms with Gasteiger partial charge in [-0.15, -0.1) is 6.42 Å². The molecule has 0 fully saturated rings. The van der Waals surface area contributed by atoms with Crippen LogP contribution in [0.2, 0.25) is 0 Å². The van der Waals surface area contributed by atoms with Gasteiger partial charge in [-0.2, -0.15) is 0 Å². The molecule has 90 valence electrons. The molecule has 5 heteroatoms. The van der Waals surface area contributed by atoms with Crippen LogP contribution < -0.4 is 4.90 Å². The number of aliphatic carboxylic acids is 1. The summed E-state index contributed by atoms with van der Waals surface area (Å²) in [4.78, 5) is 20.4. The Kier molecular flexibility index (Phi) is 4.46. The van der Waals surface area contributed by atoms with Crippen LogP contribution in [-0.4, -0.2) is 34.1 Å². The van der Waals surface area contributed by atoms with Gasteiger partial charge in [-0.3, -0.25) is 4.79 Å². The molecule has 0 aliphatic heterocycles. The van der Waals surface area contributed by atoms with E-state index in [1.165, 1.54) is 11.2 Å². The van der Waals surface area contributed by atoms with Crippen LogP contribution in [0.4, 0.5) is 5.82 Å². The van der Waals surface area contributed by atoms with Crippen LogP contribution in [-0.2, 0) is 4.79 Å². The van der Waals surface area contributed by atoms with Crippen molar-refractivity contribution in [3.05, 3.63) is 18.1 Å². The molecule has 17 heavy (non-hydrogen) atoms. The Morgan fingerprint density at radius 1 is 1.59 bits per heavy atom. The fraction of sp³-hybridized carbons (Fsp3) is 0.417. The van der Waals surface area contributed by atoms with Gasteiger partial charge in [0.2, 0.25) is 0 Å². The molecule has 0 unspecified atom stereocenters. The molecule has 0 amide bonds. The van der Waals surface area contributed by atoms with E-state index in [2.05, 4.69) is 15.9 Å². The van der Waals surface area contributed by atoms with Crippen molar-refractivity contribution in [3.8, 4) is 12.3 Å². The fourth-order valence-electron chi connectivity index (χ4n) is 1.34. The highest BCUT2D eigenvalue weighted by Gasteiger charge is 2.12. The van der Waals surface area contributed by atoms with E-state index in [4.69, 9.17) is 11.5 Å². The van der Waals surface area contributed by atoms with Gasteiger partial charge in [0.15, 0.2) is 0 Å². The standard InChI is InChI=1S/C12H15N3O2/c1-4-5-15(7-12(16)17)11-6-10(9(2)3)13-8-14-11/h1,6,8-9H,5,7H2,2-3H3,(H,16,17). The Bertz CT molecular complexity index is 438. The summed E-state index contributed by atoms with van der Waals surface area (Å²) in [6.07, 6.45) is 6.64. The molecule has 0 bridgehead atoms. The average molecular weight is 233 g/mol. The van der Waals surface area contributed by atoms with Crippen molar-refractivity contribution in [2.75, 3.05) is 18.0 Å². The molecule has 1 N–H and O–H groups in total. The topological polar surface area (TPSA) is 66.3 Å². The first-order valence-corrected chi connectivity index (χ1v) is 5.26. The van der Waals surface area contributed by atoms with Gasteiger partial charge in [0.25, 0.3) is 0 Å². The normalized spacial score (nSPS) is 10.0. The van der Waals surface area contributed by atoms with Crippen LogP contribution in [0.25, 0.3) is 0 Å². The first-order chi connectivity index (χ1) is 8.04. The number of anilines is 1. The maximum absolute atomic E-state index is 10.7. The summed E-state index contributed by atoms with van der Waals surface area (Å²) >= 11 is 0. The highest BCUT2D eigenvalue weighted by atomic mass is 16.4. The lowest BCUT2D eigenvalue weighted by Crippen LogP contribution is -2.30. The third-order valence-corrected chi connectivity index (χ3v) is 2.20. The van der Waals surface area contributed by atoms with Gasteiger partial charge in [0.05, 0.1) is 6.54 Å². The molecule has 0 radical (unpaired) electrons. The molecule has 0 saturated heterocycles. The molecule has 1 rings (SSSR count). The molecule has 0 aliphatic rings. The van der Waals surface area contributed by atoms with Gasteiger partial charge >= 0.3 is 5.97 Å². The highest BCUT2D eigenvalue weighted by molar-refractivity contribution is 5.73. The second-order valence-electron chi connectivity index (χ2n) is 3.91. The predicted molar refractivity (Wildman–Crippen MR) is 64.8 cm³/mol. The number of carboxylic acids is 1. The zero-order chi connectivity index (χ0) is 12.8. The van der Waals surface area contributed by atoms with E-state index in [0.29, 0.717) is 5.82 Å². The number of terminal acetylenes is 1. The van der Waals surface area contributed by atoms with Crippen LogP contribution in [0, 0.1) is 12.3 Å². The lowest BCUT2D eigenvalue weighted by Gasteiger charge is -2.19. The van der Waals surface area contributed by atoms with Crippen LogP contribution in [0.15, 0.2) is 12.4 Å². The maximum Gasteiger partial charge on any atom is 0.323 e. The minimum absolute atomic E-state index is 0.168. The van der Waals surface area contributed by atoms with Crippen LogP contribution >= 0.6 is 0 Å². The zero-order valence-electron chi connectivity index (χ0n) is 9.92. The highest BCUT2D eigenvalue weighted by Crippen LogP contribution is 2.16. The number of carboxylic acid groups (broad SMARTS) is 1. The number of hydrogen-bond donors (Lipinski definition) is 1. The molecule has 5 nitrogen and oxygen atoms in total. The quantitative estimate of drug-likeness (QED) is 0.772. The molecule has 1 aromatic rings. The first-order valence-electron chi connectivity index (χ1n) is 5.26. The second kappa shape index (κ2) is 5.85. The van der Waals surface area contributed by atoms with Crippen LogP contribution in [0.3, 0.4) is 0 Å². The number of aromatic nitrogens is 2.